The lowest BCUT2D eigenvalue weighted by molar-refractivity contribution is 0.0951. The summed E-state index contributed by atoms with van der Waals surface area (Å²) >= 11 is 0. The predicted octanol–water partition coefficient (Wildman–Crippen LogP) is 2.96. The highest BCUT2D eigenvalue weighted by molar-refractivity contribution is 7.92. The maximum Gasteiger partial charge on any atom is 0.264 e. The number of rotatable bonds is 7. The molecule has 1 amide bonds. The standard InChI is InChI=1S/C19H20N2O3S/c1-2-14-21(25(23,24)18-6-4-3-5-7-18)17-12-8-15(9-13-17)19(22)20-16-10-11-16/h2-9,12-13,16H,1,10-11,14H2,(H,20,22). The third-order valence-corrected chi connectivity index (χ3v) is 5.76. The first kappa shape index (κ1) is 17.2. The molecule has 0 aromatic heterocycles. The van der Waals surface area contributed by atoms with Gasteiger partial charge in [-0.3, -0.25) is 9.10 Å². The van der Waals surface area contributed by atoms with Crippen molar-refractivity contribution in [3.63, 3.8) is 0 Å². The van der Waals surface area contributed by atoms with Gasteiger partial charge < -0.3 is 5.32 Å². The molecule has 5 nitrogen and oxygen atoms in total. The number of carbonyl (C=O) groups excluding carboxylic acids is 1. The van der Waals surface area contributed by atoms with Gasteiger partial charge in [-0.05, 0) is 49.2 Å². The SMILES string of the molecule is C=CCN(c1ccc(C(=O)NC2CC2)cc1)S(=O)(=O)c1ccccc1. The van der Waals surface area contributed by atoms with Crippen LogP contribution in [0, 0.1) is 0 Å². The molecule has 0 radical (unpaired) electrons. The van der Waals surface area contributed by atoms with Gasteiger partial charge in [0.25, 0.3) is 15.9 Å². The quantitative estimate of drug-likeness (QED) is 0.776. The van der Waals surface area contributed by atoms with Crippen molar-refractivity contribution in [2.24, 2.45) is 0 Å². The Morgan fingerprint density at radius 1 is 1.12 bits per heavy atom. The van der Waals surface area contributed by atoms with Crippen LogP contribution >= 0.6 is 0 Å². The van der Waals surface area contributed by atoms with Crippen LogP contribution in [-0.2, 0) is 10.0 Å². The summed E-state index contributed by atoms with van der Waals surface area (Å²) < 4.78 is 27.1. The zero-order valence-electron chi connectivity index (χ0n) is 13.8. The molecule has 2 aromatic rings. The van der Waals surface area contributed by atoms with Gasteiger partial charge in [-0.2, -0.15) is 0 Å². The molecule has 130 valence electrons. The zero-order valence-corrected chi connectivity index (χ0v) is 14.6. The number of nitrogens with one attached hydrogen (secondary N) is 1. The number of carbonyl (C=O) groups is 1. The molecule has 3 rings (SSSR count). The van der Waals surface area contributed by atoms with Crippen LogP contribution < -0.4 is 9.62 Å². The number of amides is 1. The third kappa shape index (κ3) is 3.91. The van der Waals surface area contributed by atoms with Crippen LogP contribution in [0.2, 0.25) is 0 Å². The third-order valence-electron chi connectivity index (χ3n) is 3.96. The minimum Gasteiger partial charge on any atom is -0.349 e. The molecule has 6 heteroatoms. The summed E-state index contributed by atoms with van der Waals surface area (Å²) in [7, 11) is -3.70. The van der Waals surface area contributed by atoms with Crippen molar-refractivity contribution in [1.82, 2.24) is 5.32 Å². The van der Waals surface area contributed by atoms with Gasteiger partial charge >= 0.3 is 0 Å². The van der Waals surface area contributed by atoms with E-state index in [0.29, 0.717) is 11.3 Å². The van der Waals surface area contributed by atoms with E-state index in [9.17, 15) is 13.2 Å². The summed E-state index contributed by atoms with van der Waals surface area (Å²) in [6.07, 6.45) is 3.58. The van der Waals surface area contributed by atoms with Gasteiger partial charge in [0.05, 0.1) is 17.1 Å². The second-order valence-electron chi connectivity index (χ2n) is 5.93. The van der Waals surface area contributed by atoms with Gasteiger partial charge in [0.2, 0.25) is 0 Å². The molecule has 1 aliphatic carbocycles. The average molecular weight is 356 g/mol. The Kier molecular flexibility index (Phi) is 4.90. The van der Waals surface area contributed by atoms with Crippen molar-refractivity contribution in [1.29, 1.82) is 0 Å². The highest BCUT2D eigenvalue weighted by Gasteiger charge is 2.25. The summed E-state index contributed by atoms with van der Waals surface area (Å²) in [6, 6.07) is 15.1. The first-order valence-electron chi connectivity index (χ1n) is 8.12. The van der Waals surface area contributed by atoms with Gasteiger partial charge in [-0.1, -0.05) is 24.3 Å². The van der Waals surface area contributed by atoms with Crippen molar-refractivity contribution in [3.8, 4) is 0 Å². The normalized spacial score (nSPS) is 13.9. The highest BCUT2D eigenvalue weighted by Crippen LogP contribution is 2.24. The molecule has 0 aliphatic heterocycles. The fourth-order valence-corrected chi connectivity index (χ4v) is 3.91. The molecule has 1 aliphatic rings. The highest BCUT2D eigenvalue weighted by atomic mass is 32.2. The number of hydrogen-bond donors (Lipinski definition) is 1. The van der Waals surface area contributed by atoms with Crippen molar-refractivity contribution in [2.75, 3.05) is 10.8 Å². The Balaban J connectivity index is 1.87. The number of benzene rings is 2. The van der Waals surface area contributed by atoms with E-state index < -0.39 is 10.0 Å². The van der Waals surface area contributed by atoms with Crippen molar-refractivity contribution >= 4 is 21.6 Å². The first-order valence-corrected chi connectivity index (χ1v) is 9.56. The lowest BCUT2D eigenvalue weighted by Crippen LogP contribution is -2.31. The van der Waals surface area contributed by atoms with Crippen LogP contribution in [0.15, 0.2) is 72.1 Å². The largest absolute Gasteiger partial charge is 0.349 e. The summed E-state index contributed by atoms with van der Waals surface area (Å²) in [4.78, 5) is 12.3. The molecule has 1 N–H and O–H groups in total. The second kappa shape index (κ2) is 7.11. The van der Waals surface area contributed by atoms with E-state index in [1.807, 2.05) is 0 Å². The zero-order chi connectivity index (χ0) is 17.9. The minimum absolute atomic E-state index is 0.129. The second-order valence-corrected chi connectivity index (χ2v) is 7.79. The fourth-order valence-electron chi connectivity index (χ4n) is 2.45. The molecule has 0 unspecified atom stereocenters. The molecule has 1 saturated carbocycles. The molecular weight excluding hydrogens is 336 g/mol. The van der Waals surface area contributed by atoms with Crippen molar-refractivity contribution in [2.45, 2.75) is 23.8 Å². The minimum atomic E-state index is -3.70. The van der Waals surface area contributed by atoms with Crippen LogP contribution in [0.4, 0.5) is 5.69 Å². The Morgan fingerprint density at radius 3 is 2.32 bits per heavy atom. The van der Waals surface area contributed by atoms with Gasteiger partial charge in [0.1, 0.15) is 0 Å². The molecule has 0 spiro atoms. The lowest BCUT2D eigenvalue weighted by Gasteiger charge is -2.23. The van der Waals surface area contributed by atoms with Crippen LogP contribution in [0.5, 0.6) is 0 Å². The molecule has 0 atom stereocenters. The lowest BCUT2D eigenvalue weighted by atomic mass is 10.2. The number of anilines is 1. The number of sulfonamides is 1. The number of nitrogens with zero attached hydrogens (tertiary/aromatic N) is 1. The molecule has 25 heavy (non-hydrogen) atoms. The molecule has 0 heterocycles. The molecule has 0 bridgehead atoms. The van der Waals surface area contributed by atoms with Crippen LogP contribution in [0.1, 0.15) is 23.2 Å². The van der Waals surface area contributed by atoms with E-state index in [4.69, 9.17) is 0 Å². The molecule has 0 saturated heterocycles. The van der Waals surface area contributed by atoms with E-state index in [1.165, 1.54) is 10.4 Å². The molecule has 2 aromatic carbocycles. The Bertz CT molecular complexity index is 857. The number of hydrogen-bond acceptors (Lipinski definition) is 3. The van der Waals surface area contributed by atoms with Gasteiger partial charge in [0.15, 0.2) is 0 Å². The van der Waals surface area contributed by atoms with Gasteiger partial charge in [-0.25, -0.2) is 8.42 Å². The summed E-state index contributed by atoms with van der Waals surface area (Å²) in [5.74, 6) is -0.129. The smallest absolute Gasteiger partial charge is 0.264 e. The Labute approximate surface area is 148 Å². The van der Waals surface area contributed by atoms with Crippen molar-refractivity contribution in [3.05, 3.63) is 72.8 Å². The van der Waals surface area contributed by atoms with Crippen LogP contribution in [-0.4, -0.2) is 26.9 Å². The molecule has 1 fully saturated rings. The predicted molar refractivity (Wildman–Crippen MR) is 98.1 cm³/mol. The van der Waals surface area contributed by atoms with Gasteiger partial charge in [0, 0.05) is 11.6 Å². The summed E-state index contributed by atoms with van der Waals surface area (Å²) in [6.45, 7) is 3.79. The fraction of sp³-hybridized carbons (Fsp3) is 0.211. The molecular formula is C19H20N2O3S. The summed E-state index contributed by atoms with van der Waals surface area (Å²) in [5, 5.41) is 2.91. The van der Waals surface area contributed by atoms with Crippen LogP contribution in [0.25, 0.3) is 0 Å². The Hall–Kier alpha value is -2.60. The van der Waals surface area contributed by atoms with E-state index in [0.717, 1.165) is 12.8 Å². The van der Waals surface area contributed by atoms with E-state index >= 15 is 0 Å². The maximum atomic E-state index is 12.9. The van der Waals surface area contributed by atoms with Gasteiger partial charge in [-0.15, -0.1) is 6.58 Å². The van der Waals surface area contributed by atoms with Crippen molar-refractivity contribution < 1.29 is 13.2 Å². The average Bonchev–Trinajstić information content (AvgIpc) is 3.44. The maximum absolute atomic E-state index is 12.9. The van der Waals surface area contributed by atoms with E-state index in [1.54, 1.807) is 54.6 Å². The van der Waals surface area contributed by atoms with E-state index in [-0.39, 0.29) is 23.4 Å². The monoisotopic (exact) mass is 356 g/mol. The topological polar surface area (TPSA) is 66.5 Å². The van der Waals surface area contributed by atoms with Crippen LogP contribution in [0.3, 0.4) is 0 Å². The Morgan fingerprint density at radius 2 is 1.76 bits per heavy atom. The first-order chi connectivity index (χ1) is 12.0. The van der Waals surface area contributed by atoms with E-state index in [2.05, 4.69) is 11.9 Å². The summed E-state index contributed by atoms with van der Waals surface area (Å²) in [5.41, 5.74) is 1.01.